The fraction of sp³-hybridized carbons (Fsp3) is 0.364. The fourth-order valence-corrected chi connectivity index (χ4v) is 17.1. The number of imide groups is 1. The Balaban J connectivity index is 2.46. The van der Waals surface area contributed by atoms with Gasteiger partial charge in [-0.3, -0.25) is 14.5 Å². The average molecular weight is 432 g/mol. The number of hydrogen-bond donors (Lipinski definition) is 0. The Hall–Kier alpha value is -1.70. The van der Waals surface area contributed by atoms with Crippen molar-refractivity contribution in [3.05, 3.63) is 70.2 Å². The van der Waals surface area contributed by atoms with Gasteiger partial charge in [-0.15, -0.1) is 0 Å². The lowest BCUT2D eigenvalue weighted by molar-refractivity contribution is 0.0655. The van der Waals surface area contributed by atoms with Crippen molar-refractivity contribution in [3.63, 3.8) is 0 Å². The molecule has 28 heavy (non-hydrogen) atoms. The van der Waals surface area contributed by atoms with E-state index in [1.807, 2.05) is 18.2 Å². The van der Waals surface area contributed by atoms with E-state index in [0.717, 1.165) is 5.56 Å². The molecule has 0 N–H and O–H groups in total. The topological polar surface area (TPSA) is 37.4 Å². The summed E-state index contributed by atoms with van der Waals surface area (Å²) in [7, 11) is -1.61. The number of benzene rings is 2. The van der Waals surface area contributed by atoms with Crippen molar-refractivity contribution in [2.24, 2.45) is 0 Å². The molecule has 0 unspecified atom stereocenters. The number of amides is 2. The fourth-order valence-electron chi connectivity index (χ4n) is 4.23. The minimum absolute atomic E-state index is 0.253. The lowest BCUT2D eigenvalue weighted by Crippen LogP contribution is -2.47. The number of halogens is 1. The Morgan fingerprint density at radius 1 is 0.821 bits per heavy atom. The maximum absolute atomic E-state index is 13.3. The molecule has 0 saturated heterocycles. The van der Waals surface area contributed by atoms with Gasteiger partial charge in [-0.25, -0.2) is 0 Å². The highest BCUT2D eigenvalue weighted by atomic mass is 35.5. The van der Waals surface area contributed by atoms with Gasteiger partial charge in [0.1, 0.15) is 0 Å². The molecule has 6 heteroatoms. The van der Waals surface area contributed by atoms with Gasteiger partial charge in [0.05, 0.1) is 0 Å². The summed E-state index contributed by atoms with van der Waals surface area (Å²) in [6, 6.07) is 14.4. The van der Waals surface area contributed by atoms with E-state index in [1.54, 1.807) is 31.3 Å². The number of carbonyl (C=O) groups excluding carboxylic acids is 2. The van der Waals surface area contributed by atoms with E-state index in [0.29, 0.717) is 21.3 Å². The van der Waals surface area contributed by atoms with Crippen molar-refractivity contribution in [2.45, 2.75) is 44.4 Å². The average Bonchev–Trinajstić information content (AvgIpc) is 2.58. The Morgan fingerprint density at radius 3 is 1.82 bits per heavy atom. The minimum atomic E-state index is -1.58. The highest BCUT2D eigenvalue weighted by Gasteiger charge is 2.40. The van der Waals surface area contributed by atoms with Gasteiger partial charge < -0.3 is 0 Å². The van der Waals surface area contributed by atoms with Crippen LogP contribution in [0.1, 0.15) is 31.4 Å². The molecule has 0 atom stereocenters. The van der Waals surface area contributed by atoms with Crippen LogP contribution in [0.15, 0.2) is 48.5 Å². The van der Waals surface area contributed by atoms with E-state index in [2.05, 4.69) is 45.3 Å². The van der Waals surface area contributed by atoms with Crippen molar-refractivity contribution in [1.82, 2.24) is 4.90 Å². The Bertz CT molecular complexity index is 853. The molecule has 0 heterocycles. The summed E-state index contributed by atoms with van der Waals surface area (Å²) in [4.78, 5) is 27.4. The zero-order valence-electron chi connectivity index (χ0n) is 17.8. The van der Waals surface area contributed by atoms with Gasteiger partial charge in [0.25, 0.3) is 11.8 Å². The van der Waals surface area contributed by atoms with Gasteiger partial charge in [-0.05, 0) is 41.1 Å². The predicted molar refractivity (Wildman–Crippen MR) is 124 cm³/mol. The second kappa shape index (κ2) is 8.35. The first-order chi connectivity index (χ1) is 12.8. The monoisotopic (exact) mass is 431 g/mol. The highest BCUT2D eigenvalue weighted by molar-refractivity contribution is 6.96. The SMILES string of the molecule is CN(C(=O)c1ccc(Cl)cc1)C(=O)c1ccccc1C([Si](C)(C)C)[Si](C)(C)C. The molecule has 0 spiro atoms. The summed E-state index contributed by atoms with van der Waals surface area (Å²) in [6.45, 7) is 14.2. The van der Waals surface area contributed by atoms with Crippen LogP contribution < -0.4 is 0 Å². The predicted octanol–water partition coefficient (Wildman–Crippen LogP) is 6.09. The summed E-state index contributed by atoms with van der Waals surface area (Å²) in [5.74, 6) is -0.578. The van der Waals surface area contributed by atoms with Crippen LogP contribution in [0.4, 0.5) is 0 Å². The zero-order valence-corrected chi connectivity index (χ0v) is 20.6. The minimum Gasteiger partial charge on any atom is -0.278 e. The van der Waals surface area contributed by atoms with Gasteiger partial charge >= 0.3 is 0 Å². The Labute approximate surface area is 175 Å². The van der Waals surface area contributed by atoms with Crippen molar-refractivity contribution in [3.8, 4) is 0 Å². The molecular formula is C22H30ClNO2Si2. The summed E-state index contributed by atoms with van der Waals surface area (Å²) >= 11 is 5.91. The summed E-state index contributed by atoms with van der Waals surface area (Å²) in [5.41, 5.74) is 2.19. The van der Waals surface area contributed by atoms with Gasteiger partial charge in [-0.1, -0.05) is 69.1 Å². The van der Waals surface area contributed by atoms with Crippen molar-refractivity contribution in [1.29, 1.82) is 0 Å². The van der Waals surface area contributed by atoms with E-state index >= 15 is 0 Å². The number of carbonyl (C=O) groups is 2. The Kier molecular flexibility index (Phi) is 6.74. The lowest BCUT2D eigenvalue weighted by Gasteiger charge is -2.40. The lowest BCUT2D eigenvalue weighted by atomic mass is 10.1. The zero-order chi connectivity index (χ0) is 21.3. The molecule has 3 nitrogen and oxygen atoms in total. The third-order valence-electron chi connectivity index (χ3n) is 4.93. The van der Waals surface area contributed by atoms with Crippen LogP contribution in [0.25, 0.3) is 0 Å². The van der Waals surface area contributed by atoms with Crippen molar-refractivity contribution < 1.29 is 9.59 Å². The normalized spacial score (nSPS) is 12.2. The summed E-state index contributed by atoms with van der Waals surface area (Å²) in [5, 5.41) is 0.975. The largest absolute Gasteiger partial charge is 0.278 e. The smallest absolute Gasteiger partial charge is 0.260 e. The van der Waals surface area contributed by atoms with Crippen LogP contribution in [0.3, 0.4) is 0 Å². The van der Waals surface area contributed by atoms with Gasteiger partial charge in [0, 0.05) is 39.3 Å². The van der Waals surface area contributed by atoms with E-state index in [4.69, 9.17) is 11.6 Å². The number of rotatable bonds is 5. The molecule has 0 radical (unpaired) electrons. The maximum Gasteiger partial charge on any atom is 0.260 e. The molecule has 2 aromatic rings. The van der Waals surface area contributed by atoms with E-state index in [9.17, 15) is 9.59 Å². The molecule has 0 aliphatic carbocycles. The molecule has 2 aromatic carbocycles. The first-order valence-corrected chi connectivity index (χ1v) is 17.0. The van der Waals surface area contributed by atoms with E-state index in [1.165, 1.54) is 4.90 Å². The number of hydrogen-bond acceptors (Lipinski definition) is 2. The molecule has 0 aliphatic rings. The Morgan fingerprint density at radius 2 is 1.32 bits per heavy atom. The van der Waals surface area contributed by atoms with Gasteiger partial charge in [-0.2, -0.15) is 0 Å². The first-order valence-electron chi connectivity index (χ1n) is 9.51. The van der Waals surface area contributed by atoms with Gasteiger partial charge in [0.2, 0.25) is 0 Å². The third kappa shape index (κ3) is 5.01. The molecule has 2 rings (SSSR count). The molecule has 0 bridgehead atoms. The molecule has 0 aromatic heterocycles. The molecular weight excluding hydrogens is 402 g/mol. The highest BCUT2D eigenvalue weighted by Crippen LogP contribution is 2.37. The van der Waals surface area contributed by atoms with Crippen LogP contribution in [-0.2, 0) is 0 Å². The molecule has 0 aliphatic heterocycles. The maximum atomic E-state index is 13.3. The standard InChI is InChI=1S/C22H30ClNO2Si2/c1-24(20(25)16-12-14-17(23)15-13-16)21(26)18-10-8-9-11-19(18)22(27(2,3)4)28(5,6)7/h8-15,22H,1-7H3. The second-order valence-corrected chi connectivity index (χ2v) is 21.1. The van der Waals surface area contributed by atoms with Gasteiger partial charge in [0.15, 0.2) is 0 Å². The van der Waals surface area contributed by atoms with E-state index in [-0.39, 0.29) is 11.8 Å². The quantitative estimate of drug-likeness (QED) is 0.424. The van der Waals surface area contributed by atoms with E-state index < -0.39 is 16.1 Å². The van der Waals surface area contributed by atoms with Crippen LogP contribution >= 0.6 is 11.6 Å². The molecule has 2 amide bonds. The van der Waals surface area contributed by atoms with Crippen molar-refractivity contribution in [2.75, 3.05) is 7.05 Å². The second-order valence-electron chi connectivity index (χ2n) is 9.43. The molecule has 0 saturated carbocycles. The summed E-state index contributed by atoms with van der Waals surface area (Å²) in [6.07, 6.45) is 0. The van der Waals surface area contributed by atoms with Crippen LogP contribution in [0.2, 0.25) is 44.3 Å². The summed E-state index contributed by atoms with van der Waals surface area (Å²) < 4.78 is 0. The molecule has 150 valence electrons. The van der Waals surface area contributed by atoms with Crippen LogP contribution in [-0.4, -0.2) is 39.9 Å². The van der Waals surface area contributed by atoms with Crippen LogP contribution in [0.5, 0.6) is 0 Å². The van der Waals surface area contributed by atoms with Crippen LogP contribution in [0, 0.1) is 0 Å². The third-order valence-corrected chi connectivity index (χ3v) is 14.5. The molecule has 0 fully saturated rings. The number of nitrogens with zero attached hydrogens (tertiary/aromatic N) is 1. The van der Waals surface area contributed by atoms with Crippen molar-refractivity contribution >= 4 is 39.6 Å². The first kappa shape index (κ1) is 22.6.